The van der Waals surface area contributed by atoms with Crippen LogP contribution in [0.2, 0.25) is 0 Å². The molecule has 0 aliphatic heterocycles. The fourth-order valence-corrected chi connectivity index (χ4v) is 1.86. The van der Waals surface area contributed by atoms with Crippen molar-refractivity contribution in [2.75, 3.05) is 13.7 Å². The van der Waals surface area contributed by atoms with Gasteiger partial charge in [0.15, 0.2) is 0 Å². The summed E-state index contributed by atoms with van der Waals surface area (Å²) in [7, 11) is 1.39. The van der Waals surface area contributed by atoms with Gasteiger partial charge in [0.2, 0.25) is 0 Å². The Labute approximate surface area is 93.6 Å². The number of hydrogen-bond donors (Lipinski definition) is 1. The first-order chi connectivity index (χ1) is 7.77. The van der Waals surface area contributed by atoms with E-state index in [0.717, 1.165) is 11.2 Å². The predicted octanol–water partition coefficient (Wildman–Crippen LogP) is 1.23. The van der Waals surface area contributed by atoms with Crippen LogP contribution in [0.15, 0.2) is 30.5 Å². The van der Waals surface area contributed by atoms with Gasteiger partial charge in [0.05, 0.1) is 12.7 Å². The highest BCUT2D eigenvalue weighted by molar-refractivity contribution is 5.92. The Balaban J connectivity index is 2.62. The van der Waals surface area contributed by atoms with Crippen molar-refractivity contribution < 1.29 is 9.53 Å². The molecule has 2 rings (SSSR count). The van der Waals surface area contributed by atoms with Gasteiger partial charge in [0.1, 0.15) is 0 Å². The maximum Gasteiger partial charge on any atom is 0.339 e. The topological polar surface area (TPSA) is 56.7 Å². The van der Waals surface area contributed by atoms with E-state index in [1.54, 1.807) is 0 Å². The smallest absolute Gasteiger partial charge is 0.339 e. The lowest BCUT2D eigenvalue weighted by Crippen LogP contribution is -2.10. The van der Waals surface area contributed by atoms with Crippen molar-refractivity contribution in [3.63, 3.8) is 0 Å². The van der Waals surface area contributed by atoms with Crippen molar-refractivity contribution in [2.45, 2.75) is 6.42 Å². The van der Waals surface area contributed by atoms with Crippen LogP contribution in [0, 0.1) is 0 Å². The predicted molar refractivity (Wildman–Crippen MR) is 61.5 cm³/mol. The summed E-state index contributed by atoms with van der Waals surface area (Å²) in [6.07, 6.45) is 2.58. The summed E-state index contributed by atoms with van der Waals surface area (Å²) >= 11 is 0. The summed E-state index contributed by atoms with van der Waals surface area (Å²) in [6.45, 7) is 0.505. The number of hydrogen-bond acceptors (Lipinski definition) is 3. The van der Waals surface area contributed by atoms with Gasteiger partial charge in [-0.3, -0.25) is 0 Å². The number of methoxy groups -OCH3 is 1. The van der Waals surface area contributed by atoms with Gasteiger partial charge in [0, 0.05) is 23.8 Å². The van der Waals surface area contributed by atoms with Crippen LogP contribution in [0.3, 0.4) is 0 Å². The molecule has 0 saturated heterocycles. The van der Waals surface area contributed by atoms with E-state index in [4.69, 9.17) is 10.5 Å². The van der Waals surface area contributed by atoms with E-state index in [9.17, 15) is 4.79 Å². The molecule has 0 radical (unpaired) electrons. The molecule has 2 aromatic heterocycles. The lowest BCUT2D eigenvalue weighted by atomic mass is 10.2. The molecule has 2 aromatic rings. The monoisotopic (exact) mass is 218 g/mol. The van der Waals surface area contributed by atoms with E-state index in [2.05, 4.69) is 0 Å². The molecule has 0 aliphatic rings. The average molecular weight is 218 g/mol. The zero-order chi connectivity index (χ0) is 11.5. The van der Waals surface area contributed by atoms with Crippen molar-refractivity contribution in [2.24, 2.45) is 5.73 Å². The molecule has 2 heterocycles. The molecule has 0 spiro atoms. The van der Waals surface area contributed by atoms with Gasteiger partial charge < -0.3 is 14.9 Å². The van der Waals surface area contributed by atoms with Gasteiger partial charge in [-0.05, 0) is 24.7 Å². The van der Waals surface area contributed by atoms with Crippen LogP contribution in [0.25, 0.3) is 5.52 Å². The van der Waals surface area contributed by atoms with E-state index in [1.807, 2.05) is 34.9 Å². The van der Waals surface area contributed by atoms with E-state index >= 15 is 0 Å². The molecule has 0 fully saturated rings. The minimum absolute atomic E-state index is 0.313. The molecule has 4 heteroatoms. The second kappa shape index (κ2) is 4.37. The minimum atomic E-state index is -0.313. The Kier molecular flexibility index (Phi) is 2.92. The van der Waals surface area contributed by atoms with Crippen LogP contribution in [-0.2, 0) is 11.2 Å². The van der Waals surface area contributed by atoms with E-state index in [1.165, 1.54) is 7.11 Å². The van der Waals surface area contributed by atoms with Crippen LogP contribution >= 0.6 is 0 Å². The summed E-state index contributed by atoms with van der Waals surface area (Å²) in [4.78, 5) is 11.6. The molecule has 0 bridgehead atoms. The first-order valence-corrected chi connectivity index (χ1v) is 5.15. The van der Waals surface area contributed by atoms with Crippen LogP contribution < -0.4 is 5.73 Å². The fraction of sp³-hybridized carbons (Fsp3) is 0.250. The van der Waals surface area contributed by atoms with Gasteiger partial charge in [-0.25, -0.2) is 4.79 Å². The lowest BCUT2D eigenvalue weighted by Gasteiger charge is -2.03. The van der Waals surface area contributed by atoms with Crippen LogP contribution in [0.5, 0.6) is 0 Å². The van der Waals surface area contributed by atoms with Crippen molar-refractivity contribution >= 4 is 11.5 Å². The summed E-state index contributed by atoms with van der Waals surface area (Å²) in [6, 6.07) is 7.64. The highest BCUT2D eigenvalue weighted by Gasteiger charge is 2.16. The van der Waals surface area contributed by atoms with Crippen LogP contribution in [-0.4, -0.2) is 24.0 Å². The van der Waals surface area contributed by atoms with Gasteiger partial charge in [-0.2, -0.15) is 0 Å². The second-order valence-electron chi connectivity index (χ2n) is 3.53. The molecule has 84 valence electrons. The molecule has 0 atom stereocenters. The molecule has 0 unspecified atom stereocenters. The summed E-state index contributed by atoms with van der Waals surface area (Å²) in [5.74, 6) is -0.313. The van der Waals surface area contributed by atoms with Crippen molar-refractivity contribution in [1.29, 1.82) is 0 Å². The maximum atomic E-state index is 11.6. The van der Waals surface area contributed by atoms with Crippen molar-refractivity contribution in [3.8, 4) is 0 Å². The highest BCUT2D eigenvalue weighted by Crippen LogP contribution is 2.17. The van der Waals surface area contributed by atoms with E-state index < -0.39 is 0 Å². The number of pyridine rings is 1. The normalized spacial score (nSPS) is 10.6. The van der Waals surface area contributed by atoms with Gasteiger partial charge in [-0.1, -0.05) is 6.07 Å². The van der Waals surface area contributed by atoms with E-state index in [-0.39, 0.29) is 5.97 Å². The number of fused-ring (bicyclic) bond motifs is 1. The van der Waals surface area contributed by atoms with Gasteiger partial charge in [0.25, 0.3) is 0 Å². The quantitative estimate of drug-likeness (QED) is 0.788. The second-order valence-corrected chi connectivity index (χ2v) is 3.53. The third-order valence-electron chi connectivity index (χ3n) is 2.57. The summed E-state index contributed by atoms with van der Waals surface area (Å²) < 4.78 is 6.73. The Morgan fingerprint density at radius 3 is 3.00 bits per heavy atom. The SMILES string of the molecule is COC(=O)c1cc2ccccn2c1CCN. The minimum Gasteiger partial charge on any atom is -0.465 e. The van der Waals surface area contributed by atoms with E-state index in [0.29, 0.717) is 18.5 Å². The molecule has 0 amide bonds. The van der Waals surface area contributed by atoms with Crippen molar-refractivity contribution in [1.82, 2.24) is 4.40 Å². The number of nitrogens with zero attached hydrogens (tertiary/aromatic N) is 1. The largest absolute Gasteiger partial charge is 0.465 e. The number of rotatable bonds is 3. The van der Waals surface area contributed by atoms with Crippen molar-refractivity contribution in [3.05, 3.63) is 41.7 Å². The summed E-state index contributed by atoms with van der Waals surface area (Å²) in [5.41, 5.74) is 8.04. The third-order valence-corrected chi connectivity index (χ3v) is 2.57. The molecule has 4 nitrogen and oxygen atoms in total. The number of carbonyl (C=O) groups excluding carboxylic acids is 1. The Hall–Kier alpha value is -1.81. The zero-order valence-corrected chi connectivity index (χ0v) is 9.14. The Bertz CT molecular complexity index is 517. The number of ether oxygens (including phenoxy) is 1. The molecule has 0 aliphatic carbocycles. The number of esters is 1. The first-order valence-electron chi connectivity index (χ1n) is 5.15. The van der Waals surface area contributed by atoms with Gasteiger partial charge in [-0.15, -0.1) is 0 Å². The third kappa shape index (κ3) is 1.67. The zero-order valence-electron chi connectivity index (χ0n) is 9.14. The number of aromatic nitrogens is 1. The fourth-order valence-electron chi connectivity index (χ4n) is 1.86. The molecule has 0 saturated carbocycles. The van der Waals surface area contributed by atoms with Gasteiger partial charge >= 0.3 is 5.97 Å². The number of carbonyl (C=O) groups is 1. The molecular weight excluding hydrogens is 204 g/mol. The molecule has 16 heavy (non-hydrogen) atoms. The Morgan fingerprint density at radius 2 is 2.31 bits per heavy atom. The number of nitrogens with two attached hydrogens (primary N) is 1. The first kappa shape index (κ1) is 10.7. The summed E-state index contributed by atoms with van der Waals surface area (Å²) in [5, 5.41) is 0. The lowest BCUT2D eigenvalue weighted by molar-refractivity contribution is 0.0599. The van der Waals surface area contributed by atoms with Crippen LogP contribution in [0.1, 0.15) is 16.1 Å². The highest BCUT2D eigenvalue weighted by atomic mass is 16.5. The van der Waals surface area contributed by atoms with Crippen LogP contribution in [0.4, 0.5) is 0 Å². The molecular formula is C12H14N2O2. The average Bonchev–Trinajstić information content (AvgIpc) is 2.68. The molecule has 0 aromatic carbocycles. The maximum absolute atomic E-state index is 11.6. The molecule has 2 N–H and O–H groups in total. The Morgan fingerprint density at radius 1 is 1.50 bits per heavy atom. The standard InChI is InChI=1S/C12H14N2O2/c1-16-12(15)10-8-9-4-2-3-7-14(9)11(10)5-6-13/h2-4,7-8H,5-6,13H2,1H3.